The van der Waals surface area contributed by atoms with Crippen molar-refractivity contribution in [2.75, 3.05) is 5.75 Å². The minimum Gasteiger partial charge on any atom is -0.282 e. The molecule has 1 nitrogen and oxygen atoms in total. The molecule has 2 heteroatoms. The quantitative estimate of drug-likeness (QED) is 0.719. The van der Waals surface area contributed by atoms with Crippen LogP contribution in [-0.2, 0) is 4.79 Å². The van der Waals surface area contributed by atoms with Crippen molar-refractivity contribution in [3.63, 3.8) is 0 Å². The zero-order valence-corrected chi connectivity index (χ0v) is 9.51. The Labute approximate surface area is 94.9 Å². The smallest absolute Gasteiger partial charge is 0.214 e. The van der Waals surface area contributed by atoms with E-state index in [-0.39, 0.29) is 5.12 Å². The maximum absolute atomic E-state index is 11.3. The molecule has 15 heavy (non-hydrogen) atoms. The summed E-state index contributed by atoms with van der Waals surface area (Å²) < 4.78 is 0. The van der Waals surface area contributed by atoms with Crippen molar-refractivity contribution in [3.8, 4) is 0 Å². The van der Waals surface area contributed by atoms with Gasteiger partial charge in [-0.05, 0) is 23.6 Å². The third kappa shape index (κ3) is 3.76. The minimum atomic E-state index is -0.00567. The molecule has 1 rings (SSSR count). The van der Waals surface area contributed by atoms with Crippen LogP contribution in [0.3, 0.4) is 0 Å². The van der Waals surface area contributed by atoms with Crippen molar-refractivity contribution in [3.05, 3.63) is 54.6 Å². The van der Waals surface area contributed by atoms with Gasteiger partial charge < -0.3 is 0 Å². The van der Waals surface area contributed by atoms with Crippen LogP contribution >= 0.6 is 11.8 Å². The van der Waals surface area contributed by atoms with E-state index < -0.39 is 0 Å². The molecule has 0 amide bonds. The highest BCUT2D eigenvalue weighted by molar-refractivity contribution is 8.14. The lowest BCUT2D eigenvalue weighted by molar-refractivity contribution is -0.107. The van der Waals surface area contributed by atoms with E-state index in [1.54, 1.807) is 6.92 Å². The van der Waals surface area contributed by atoms with Gasteiger partial charge in [-0.15, -0.1) is 0 Å². The third-order valence-electron chi connectivity index (χ3n) is 1.85. The van der Waals surface area contributed by atoms with Gasteiger partial charge >= 0.3 is 0 Å². The fourth-order valence-corrected chi connectivity index (χ4v) is 1.70. The number of rotatable bonds is 4. The van der Waals surface area contributed by atoms with Crippen LogP contribution in [0.4, 0.5) is 0 Å². The van der Waals surface area contributed by atoms with E-state index in [0.717, 1.165) is 11.1 Å². The van der Waals surface area contributed by atoms with Crippen molar-refractivity contribution >= 4 is 22.5 Å². The average Bonchev–Trinajstić information content (AvgIpc) is 2.26. The molecule has 0 saturated heterocycles. The summed E-state index contributed by atoms with van der Waals surface area (Å²) in [4.78, 5) is 11.3. The summed E-state index contributed by atoms with van der Waals surface area (Å²) >= 11 is 1.19. The Hall–Kier alpha value is -1.28. The lowest BCUT2D eigenvalue weighted by Gasteiger charge is -2.04. The molecule has 0 aromatic heterocycles. The Morgan fingerprint density at radius 2 is 2.00 bits per heavy atom. The maximum Gasteiger partial charge on any atom is 0.214 e. The number of carbonyl (C=O) groups is 1. The van der Waals surface area contributed by atoms with Gasteiger partial charge in [0.25, 0.3) is 0 Å². The van der Waals surface area contributed by atoms with E-state index in [1.165, 1.54) is 11.8 Å². The molecule has 0 bridgehead atoms. The van der Waals surface area contributed by atoms with Gasteiger partial charge in [-0.3, -0.25) is 4.79 Å². The van der Waals surface area contributed by atoms with E-state index in [2.05, 4.69) is 6.58 Å². The van der Waals surface area contributed by atoms with Crippen LogP contribution in [0.15, 0.2) is 42.5 Å². The Bertz CT molecular complexity index is 379. The molecule has 0 atom stereocenters. The average molecular weight is 217 g/mol. The van der Waals surface area contributed by atoms with Gasteiger partial charge in [0.2, 0.25) is 5.12 Å². The first-order chi connectivity index (χ1) is 7.11. The van der Waals surface area contributed by atoms with Gasteiger partial charge in [-0.1, -0.05) is 55.3 Å². The first-order valence-electron chi connectivity index (χ1n) is 4.60. The Morgan fingerprint density at radius 1 is 1.40 bits per heavy atom. The summed E-state index contributed by atoms with van der Waals surface area (Å²) in [6.45, 7) is 11.1. The van der Waals surface area contributed by atoms with Crippen LogP contribution in [0.25, 0.3) is 5.57 Å². The lowest BCUT2D eigenvalue weighted by atomic mass is 10.1. The number of benzene rings is 1. The van der Waals surface area contributed by atoms with Crippen LogP contribution in [0.1, 0.15) is 12.5 Å². The lowest BCUT2D eigenvalue weighted by Crippen LogP contribution is -1.95. The molecule has 0 spiro atoms. The van der Waals surface area contributed by atoms with E-state index >= 15 is 0 Å². The number of hydrogen-bond acceptors (Lipinski definition) is 2. The van der Waals surface area contributed by atoms with Gasteiger partial charge in [-0.2, -0.15) is 0 Å². The first kappa shape index (κ1) is 11.8. The van der Waals surface area contributed by atoms with Crippen molar-refractivity contribution in [2.24, 2.45) is 0 Å². The maximum atomic E-state index is 11.3. The molecular formula is C13H13OS. The van der Waals surface area contributed by atoms with Gasteiger partial charge in [0.05, 0.1) is 0 Å². The fourth-order valence-electron chi connectivity index (χ4n) is 1.00. The van der Waals surface area contributed by atoms with Crippen molar-refractivity contribution in [1.82, 2.24) is 0 Å². The number of thioether (sulfide) groups is 1. The van der Waals surface area contributed by atoms with Gasteiger partial charge in [0.1, 0.15) is 0 Å². The minimum absolute atomic E-state index is 0.00567. The molecule has 0 saturated carbocycles. The molecule has 0 aliphatic carbocycles. The molecule has 0 fully saturated rings. The van der Waals surface area contributed by atoms with Crippen LogP contribution in [0, 0.1) is 6.58 Å². The summed E-state index contributed by atoms with van der Waals surface area (Å²) in [7, 11) is 0. The molecule has 0 N–H and O–H groups in total. The van der Waals surface area contributed by atoms with Gasteiger partial charge in [0.15, 0.2) is 0 Å². The highest BCUT2D eigenvalue weighted by Gasteiger charge is 2.05. The molecule has 1 aromatic rings. The molecule has 0 heterocycles. The molecule has 0 aliphatic heterocycles. The molecule has 0 unspecified atom stereocenters. The van der Waals surface area contributed by atoms with E-state index in [9.17, 15) is 4.79 Å². The summed E-state index contributed by atoms with van der Waals surface area (Å²) in [6, 6.07) is 9.64. The van der Waals surface area contributed by atoms with Gasteiger partial charge in [0, 0.05) is 5.75 Å². The molecule has 1 aromatic carbocycles. The predicted molar refractivity (Wildman–Crippen MR) is 66.4 cm³/mol. The first-order valence-corrected chi connectivity index (χ1v) is 5.59. The summed E-state index contributed by atoms with van der Waals surface area (Å²) in [5.41, 5.74) is 2.25. The van der Waals surface area contributed by atoms with E-state index in [4.69, 9.17) is 6.58 Å². The second kappa shape index (κ2) is 5.56. The standard InChI is InChI=1S/C13H13OS/c1-10(2)13(14)15-9-11(3)12-7-5-4-6-8-12/h3-8H,1,9H2,2H3. The van der Waals surface area contributed by atoms with E-state index in [0.29, 0.717) is 11.3 Å². The van der Waals surface area contributed by atoms with Gasteiger partial charge in [-0.25, -0.2) is 0 Å². The van der Waals surface area contributed by atoms with Crippen LogP contribution in [0.2, 0.25) is 0 Å². The van der Waals surface area contributed by atoms with Crippen LogP contribution < -0.4 is 0 Å². The molecule has 1 radical (unpaired) electrons. The summed E-state index contributed by atoms with van der Waals surface area (Å²) in [5, 5.41) is -0.00567. The summed E-state index contributed by atoms with van der Waals surface area (Å²) in [5.74, 6) is 0.510. The fraction of sp³-hybridized carbons (Fsp3) is 0.154. The zero-order valence-electron chi connectivity index (χ0n) is 8.69. The number of carbonyl (C=O) groups excluding carboxylic acids is 1. The van der Waals surface area contributed by atoms with Crippen molar-refractivity contribution in [2.45, 2.75) is 6.92 Å². The normalized spacial score (nSPS) is 9.67. The van der Waals surface area contributed by atoms with Crippen molar-refractivity contribution in [1.29, 1.82) is 0 Å². The SMILES string of the molecule is [CH]=C(CSC(=O)C(=C)C)c1ccccc1. The Kier molecular flexibility index (Phi) is 4.37. The molecule has 77 valence electrons. The topological polar surface area (TPSA) is 17.1 Å². The highest BCUT2D eigenvalue weighted by Crippen LogP contribution is 2.19. The van der Waals surface area contributed by atoms with E-state index in [1.807, 2.05) is 30.3 Å². The van der Waals surface area contributed by atoms with Crippen LogP contribution in [-0.4, -0.2) is 10.9 Å². The predicted octanol–water partition coefficient (Wildman–Crippen LogP) is 3.34. The highest BCUT2D eigenvalue weighted by atomic mass is 32.2. The van der Waals surface area contributed by atoms with Crippen LogP contribution in [0.5, 0.6) is 0 Å². The second-order valence-electron chi connectivity index (χ2n) is 3.25. The van der Waals surface area contributed by atoms with Crippen molar-refractivity contribution < 1.29 is 4.79 Å². The monoisotopic (exact) mass is 217 g/mol. The molecule has 0 aliphatic rings. The summed E-state index contributed by atoms with van der Waals surface area (Å²) in [6.07, 6.45) is 0. The second-order valence-corrected chi connectivity index (χ2v) is 4.20. The number of hydrogen-bond donors (Lipinski definition) is 0. The third-order valence-corrected chi connectivity index (χ3v) is 2.92. The Morgan fingerprint density at radius 3 is 2.53 bits per heavy atom. The zero-order chi connectivity index (χ0) is 11.3. The molecular weight excluding hydrogens is 204 g/mol. The Balaban J connectivity index is 2.51. The largest absolute Gasteiger partial charge is 0.282 e.